The molecule has 2 nitrogen and oxygen atoms in total. The molecule has 1 aliphatic carbocycles. The van der Waals surface area contributed by atoms with E-state index < -0.39 is 0 Å². The summed E-state index contributed by atoms with van der Waals surface area (Å²) in [5.41, 5.74) is 0.434. The van der Waals surface area contributed by atoms with Crippen molar-refractivity contribution in [3.63, 3.8) is 0 Å². The van der Waals surface area contributed by atoms with Gasteiger partial charge in [0, 0.05) is 30.6 Å². The highest BCUT2D eigenvalue weighted by atomic mass is 79.9. The Labute approximate surface area is 113 Å². The molecule has 98 valence electrons. The normalized spacial score (nSPS) is 39.7. The third-order valence-electron chi connectivity index (χ3n) is 4.85. The Hall–Kier alpha value is 0.400. The van der Waals surface area contributed by atoms with Gasteiger partial charge in [-0.2, -0.15) is 0 Å². The molecule has 0 amide bonds. The molecular weight excluding hydrogens is 280 g/mol. The van der Waals surface area contributed by atoms with E-state index in [1.54, 1.807) is 0 Å². The minimum Gasteiger partial charge on any atom is -0.381 e. The van der Waals surface area contributed by atoms with Crippen molar-refractivity contribution in [3.05, 3.63) is 0 Å². The van der Waals surface area contributed by atoms with Crippen LogP contribution in [0.2, 0.25) is 0 Å². The monoisotopic (exact) mass is 302 g/mol. The predicted molar refractivity (Wildman–Crippen MR) is 71.5 cm³/mol. The van der Waals surface area contributed by atoms with Crippen LogP contribution in [0.25, 0.3) is 0 Å². The number of halogens is 1. The van der Waals surface area contributed by atoms with Crippen LogP contribution in [-0.4, -0.2) is 31.3 Å². The number of alkyl halides is 1. The molecule has 17 heavy (non-hydrogen) atoms. The number of hydrogen-bond acceptors (Lipinski definition) is 2. The van der Waals surface area contributed by atoms with E-state index in [-0.39, 0.29) is 0 Å². The van der Waals surface area contributed by atoms with Crippen molar-refractivity contribution in [1.82, 2.24) is 0 Å². The molecule has 2 atom stereocenters. The van der Waals surface area contributed by atoms with Crippen molar-refractivity contribution in [2.24, 2.45) is 17.3 Å². The fraction of sp³-hybridized carbons (Fsp3) is 1.00. The third-order valence-corrected chi connectivity index (χ3v) is 5.97. The van der Waals surface area contributed by atoms with Gasteiger partial charge in [-0.1, -0.05) is 15.9 Å². The smallest absolute Gasteiger partial charge is 0.0668 e. The van der Waals surface area contributed by atoms with E-state index in [9.17, 15) is 0 Å². The fourth-order valence-electron chi connectivity index (χ4n) is 3.68. The van der Waals surface area contributed by atoms with Gasteiger partial charge in [0.2, 0.25) is 0 Å². The molecule has 0 aromatic heterocycles. The van der Waals surface area contributed by atoms with Gasteiger partial charge in [0.05, 0.1) is 6.10 Å². The van der Waals surface area contributed by atoms with Crippen LogP contribution in [0.3, 0.4) is 0 Å². The lowest BCUT2D eigenvalue weighted by Crippen LogP contribution is -2.37. The van der Waals surface area contributed by atoms with Crippen molar-refractivity contribution in [2.45, 2.75) is 44.6 Å². The quantitative estimate of drug-likeness (QED) is 0.741. The van der Waals surface area contributed by atoms with Gasteiger partial charge in [0.25, 0.3) is 0 Å². The number of hydrogen-bond donors (Lipinski definition) is 0. The summed E-state index contributed by atoms with van der Waals surface area (Å²) >= 11 is 3.79. The Kier molecular flexibility index (Phi) is 3.79. The van der Waals surface area contributed by atoms with Gasteiger partial charge in [-0.05, 0) is 50.4 Å². The van der Waals surface area contributed by atoms with Crippen LogP contribution >= 0.6 is 15.9 Å². The molecule has 2 heterocycles. The van der Waals surface area contributed by atoms with Gasteiger partial charge < -0.3 is 9.47 Å². The van der Waals surface area contributed by atoms with Crippen LogP contribution in [0.1, 0.15) is 38.5 Å². The fourth-order valence-corrected chi connectivity index (χ4v) is 4.51. The Morgan fingerprint density at radius 1 is 1.06 bits per heavy atom. The standard InChI is InChI=1S/C14H23BrO2/c15-10-14(9-11-3-6-16-7-4-11)5-8-17-13(14)12-1-2-12/h11-13H,1-10H2. The molecule has 2 unspecified atom stereocenters. The molecule has 3 rings (SSSR count). The minimum atomic E-state index is 0.434. The predicted octanol–water partition coefficient (Wildman–Crippen LogP) is 3.38. The largest absolute Gasteiger partial charge is 0.381 e. The molecule has 2 saturated heterocycles. The Morgan fingerprint density at radius 3 is 2.47 bits per heavy atom. The maximum Gasteiger partial charge on any atom is 0.0668 e. The molecule has 0 aromatic rings. The second kappa shape index (κ2) is 5.18. The molecule has 0 radical (unpaired) electrons. The molecule has 1 saturated carbocycles. The molecule has 0 spiro atoms. The van der Waals surface area contributed by atoms with Gasteiger partial charge in [0.1, 0.15) is 0 Å². The zero-order valence-corrected chi connectivity index (χ0v) is 12.1. The van der Waals surface area contributed by atoms with Crippen molar-refractivity contribution in [3.8, 4) is 0 Å². The van der Waals surface area contributed by atoms with E-state index in [0.29, 0.717) is 11.5 Å². The van der Waals surface area contributed by atoms with Crippen LogP contribution in [0.4, 0.5) is 0 Å². The van der Waals surface area contributed by atoms with E-state index in [1.807, 2.05) is 0 Å². The topological polar surface area (TPSA) is 18.5 Å². The first-order chi connectivity index (χ1) is 8.34. The van der Waals surface area contributed by atoms with Crippen molar-refractivity contribution < 1.29 is 9.47 Å². The summed E-state index contributed by atoms with van der Waals surface area (Å²) in [6.45, 7) is 2.92. The van der Waals surface area contributed by atoms with Gasteiger partial charge in [-0.3, -0.25) is 0 Å². The van der Waals surface area contributed by atoms with Gasteiger partial charge >= 0.3 is 0 Å². The van der Waals surface area contributed by atoms with E-state index in [4.69, 9.17) is 9.47 Å². The average molecular weight is 303 g/mol. The van der Waals surface area contributed by atoms with E-state index in [1.165, 1.54) is 38.5 Å². The third kappa shape index (κ3) is 2.57. The summed E-state index contributed by atoms with van der Waals surface area (Å²) in [5, 5.41) is 1.12. The van der Waals surface area contributed by atoms with Gasteiger partial charge in [-0.15, -0.1) is 0 Å². The highest BCUT2D eigenvalue weighted by Crippen LogP contribution is 2.52. The van der Waals surface area contributed by atoms with Crippen LogP contribution in [0.15, 0.2) is 0 Å². The lowest BCUT2D eigenvalue weighted by Gasteiger charge is -2.37. The molecule has 2 aliphatic heterocycles. The summed E-state index contributed by atoms with van der Waals surface area (Å²) in [6.07, 6.45) is 8.46. The average Bonchev–Trinajstić information content (AvgIpc) is 3.13. The molecule has 3 aliphatic rings. The van der Waals surface area contributed by atoms with Crippen LogP contribution in [0.5, 0.6) is 0 Å². The summed E-state index contributed by atoms with van der Waals surface area (Å²) in [6, 6.07) is 0. The second-order valence-electron chi connectivity index (χ2n) is 6.13. The zero-order chi connectivity index (χ0) is 11.7. The van der Waals surface area contributed by atoms with Gasteiger partial charge in [0.15, 0.2) is 0 Å². The summed E-state index contributed by atoms with van der Waals surface area (Å²) < 4.78 is 11.5. The van der Waals surface area contributed by atoms with E-state index >= 15 is 0 Å². The first kappa shape index (κ1) is 12.4. The molecule has 3 heteroatoms. The van der Waals surface area contributed by atoms with Crippen LogP contribution < -0.4 is 0 Å². The summed E-state index contributed by atoms with van der Waals surface area (Å²) in [7, 11) is 0. The maximum atomic E-state index is 6.06. The van der Waals surface area contributed by atoms with E-state index in [2.05, 4.69) is 15.9 Å². The van der Waals surface area contributed by atoms with Crippen LogP contribution in [0, 0.1) is 17.3 Å². The van der Waals surface area contributed by atoms with E-state index in [0.717, 1.165) is 37.0 Å². The lowest BCUT2D eigenvalue weighted by atomic mass is 9.72. The molecule has 0 N–H and O–H groups in total. The van der Waals surface area contributed by atoms with Crippen molar-refractivity contribution >= 4 is 15.9 Å². The first-order valence-electron chi connectivity index (χ1n) is 7.09. The Balaban J connectivity index is 1.67. The molecular formula is C14H23BrO2. The van der Waals surface area contributed by atoms with Gasteiger partial charge in [-0.25, -0.2) is 0 Å². The van der Waals surface area contributed by atoms with Crippen LogP contribution in [-0.2, 0) is 9.47 Å². The molecule has 3 fully saturated rings. The Bertz CT molecular complexity index is 261. The summed E-state index contributed by atoms with van der Waals surface area (Å²) in [4.78, 5) is 0. The second-order valence-corrected chi connectivity index (χ2v) is 6.70. The number of ether oxygens (including phenoxy) is 2. The molecule has 0 bridgehead atoms. The number of rotatable bonds is 4. The maximum absolute atomic E-state index is 6.06. The van der Waals surface area contributed by atoms with Crippen molar-refractivity contribution in [2.75, 3.05) is 25.2 Å². The highest BCUT2D eigenvalue weighted by molar-refractivity contribution is 9.09. The summed E-state index contributed by atoms with van der Waals surface area (Å²) in [5.74, 6) is 1.74. The lowest BCUT2D eigenvalue weighted by molar-refractivity contribution is 0.00940. The Morgan fingerprint density at radius 2 is 1.82 bits per heavy atom. The highest BCUT2D eigenvalue weighted by Gasteiger charge is 2.50. The first-order valence-corrected chi connectivity index (χ1v) is 8.21. The SMILES string of the molecule is BrCC1(CC2CCOCC2)CCOC1C1CC1. The molecule has 0 aromatic carbocycles. The zero-order valence-electron chi connectivity index (χ0n) is 10.5. The minimum absolute atomic E-state index is 0.434. The van der Waals surface area contributed by atoms with Crippen molar-refractivity contribution in [1.29, 1.82) is 0 Å².